The fraction of sp³-hybridized carbons (Fsp3) is 0.944. The van der Waals surface area contributed by atoms with Crippen LogP contribution in [0.1, 0.15) is 175 Å². The summed E-state index contributed by atoms with van der Waals surface area (Å²) in [5.74, 6) is 0.342. The highest BCUT2D eigenvalue weighted by Crippen LogP contribution is 2.19. The smallest absolute Gasteiger partial charge is 0.309 e. The summed E-state index contributed by atoms with van der Waals surface area (Å²) in [5.41, 5.74) is 0. The van der Waals surface area contributed by atoms with E-state index < -0.39 is 0 Å². The van der Waals surface area contributed by atoms with Crippen LogP contribution in [0.2, 0.25) is 0 Å². The van der Waals surface area contributed by atoms with Gasteiger partial charge in [0.25, 0.3) is 0 Å². The summed E-state index contributed by atoms with van der Waals surface area (Å²) in [7, 11) is 4.03. The fourth-order valence-electron chi connectivity index (χ4n) is 5.43. The number of hydrogen-bond acceptors (Lipinski definition) is 5. The third kappa shape index (κ3) is 26.3. The maximum absolute atomic E-state index is 12.7. The standard InChI is InChI=1S/C36H71NO4/c1-7-10-11-12-13-14-15-16-17-18-19-20-21-25-28-35(38)40-31-34(27-24-22-23-26-33(8-2)9-3)41-36(39)32(4)29-30-37(5)6/h32-34H,7-31H2,1-6H3. The Hall–Kier alpha value is -1.10. The average Bonchev–Trinajstić information content (AvgIpc) is 2.96. The zero-order chi connectivity index (χ0) is 30.6. The van der Waals surface area contributed by atoms with E-state index >= 15 is 0 Å². The van der Waals surface area contributed by atoms with Crippen LogP contribution in [0, 0.1) is 11.8 Å². The SMILES string of the molecule is CCCCCCCCCCCCCCCCC(=O)OCC(CCCCCC(CC)CC)OC(=O)C(C)CCN(C)C. The summed E-state index contributed by atoms with van der Waals surface area (Å²) in [4.78, 5) is 27.2. The molecule has 0 amide bonds. The molecular weight excluding hydrogens is 510 g/mol. The van der Waals surface area contributed by atoms with Gasteiger partial charge in [0.1, 0.15) is 12.7 Å². The molecule has 2 unspecified atom stereocenters. The summed E-state index contributed by atoms with van der Waals surface area (Å²) in [6.45, 7) is 9.79. The average molecular weight is 582 g/mol. The molecule has 0 aliphatic carbocycles. The lowest BCUT2D eigenvalue weighted by Gasteiger charge is -2.21. The highest BCUT2D eigenvalue weighted by molar-refractivity contribution is 5.72. The molecule has 0 N–H and O–H groups in total. The highest BCUT2D eigenvalue weighted by Gasteiger charge is 2.21. The highest BCUT2D eigenvalue weighted by atomic mass is 16.6. The predicted octanol–water partition coefficient (Wildman–Crippen LogP) is 10.3. The molecule has 244 valence electrons. The lowest BCUT2D eigenvalue weighted by molar-refractivity contribution is -0.162. The van der Waals surface area contributed by atoms with E-state index in [9.17, 15) is 9.59 Å². The Labute approximate surface area is 256 Å². The molecular formula is C36H71NO4. The number of hydrogen-bond donors (Lipinski definition) is 0. The van der Waals surface area contributed by atoms with Gasteiger partial charge < -0.3 is 14.4 Å². The summed E-state index contributed by atoms with van der Waals surface area (Å²) in [6.07, 6.45) is 27.0. The molecule has 5 heteroatoms. The van der Waals surface area contributed by atoms with Crippen molar-refractivity contribution in [2.24, 2.45) is 11.8 Å². The van der Waals surface area contributed by atoms with E-state index in [4.69, 9.17) is 9.47 Å². The van der Waals surface area contributed by atoms with Crippen LogP contribution in [0.25, 0.3) is 0 Å². The number of nitrogens with zero attached hydrogens (tertiary/aromatic N) is 1. The van der Waals surface area contributed by atoms with Gasteiger partial charge in [0.05, 0.1) is 5.92 Å². The topological polar surface area (TPSA) is 55.8 Å². The van der Waals surface area contributed by atoms with Gasteiger partial charge in [-0.3, -0.25) is 9.59 Å². The van der Waals surface area contributed by atoms with Crippen LogP contribution < -0.4 is 0 Å². The minimum Gasteiger partial charge on any atom is -0.462 e. The summed E-state index contributed by atoms with van der Waals surface area (Å²) < 4.78 is 11.5. The van der Waals surface area contributed by atoms with Crippen molar-refractivity contribution in [3.8, 4) is 0 Å². The summed E-state index contributed by atoms with van der Waals surface area (Å²) in [6, 6.07) is 0. The lowest BCUT2D eigenvalue weighted by Crippen LogP contribution is -2.29. The lowest BCUT2D eigenvalue weighted by atomic mass is 9.95. The number of carbonyl (C=O) groups is 2. The van der Waals surface area contributed by atoms with Gasteiger partial charge in [0.2, 0.25) is 0 Å². The van der Waals surface area contributed by atoms with E-state index in [0.717, 1.165) is 51.0 Å². The monoisotopic (exact) mass is 582 g/mol. The minimum absolute atomic E-state index is 0.152. The van der Waals surface area contributed by atoms with Crippen LogP contribution in [-0.4, -0.2) is 50.2 Å². The number of carbonyl (C=O) groups excluding carboxylic acids is 2. The van der Waals surface area contributed by atoms with Crippen molar-refractivity contribution < 1.29 is 19.1 Å². The Kier molecular flexibility index (Phi) is 28.2. The molecule has 2 atom stereocenters. The molecule has 0 saturated carbocycles. The number of ether oxygens (including phenoxy) is 2. The first-order chi connectivity index (χ1) is 19.8. The van der Waals surface area contributed by atoms with E-state index in [0.29, 0.717) is 6.42 Å². The molecule has 0 aromatic rings. The van der Waals surface area contributed by atoms with E-state index in [1.165, 1.54) is 103 Å². The number of rotatable bonds is 30. The molecule has 0 fully saturated rings. The molecule has 0 radical (unpaired) electrons. The Bertz CT molecular complexity index is 590. The molecule has 0 aliphatic rings. The van der Waals surface area contributed by atoms with Crippen molar-refractivity contribution in [1.82, 2.24) is 4.90 Å². The van der Waals surface area contributed by atoms with Gasteiger partial charge in [0, 0.05) is 6.42 Å². The normalized spacial score (nSPS) is 13.1. The third-order valence-electron chi connectivity index (χ3n) is 8.65. The van der Waals surface area contributed by atoms with Crippen molar-refractivity contribution in [3.63, 3.8) is 0 Å². The van der Waals surface area contributed by atoms with Crippen molar-refractivity contribution in [1.29, 1.82) is 0 Å². The van der Waals surface area contributed by atoms with E-state index in [2.05, 4.69) is 25.7 Å². The molecule has 0 aliphatic heterocycles. The second kappa shape index (κ2) is 29.0. The quantitative estimate of drug-likeness (QED) is 0.0624. The molecule has 0 spiro atoms. The maximum Gasteiger partial charge on any atom is 0.309 e. The molecule has 0 heterocycles. The molecule has 41 heavy (non-hydrogen) atoms. The molecule has 0 aromatic heterocycles. The van der Waals surface area contributed by atoms with Crippen LogP contribution in [0.4, 0.5) is 0 Å². The van der Waals surface area contributed by atoms with E-state index in [1.807, 2.05) is 21.0 Å². The fourth-order valence-corrected chi connectivity index (χ4v) is 5.43. The zero-order valence-electron chi connectivity index (χ0n) is 28.5. The van der Waals surface area contributed by atoms with Gasteiger partial charge in [-0.15, -0.1) is 0 Å². The molecule has 5 nitrogen and oxygen atoms in total. The predicted molar refractivity (Wildman–Crippen MR) is 175 cm³/mol. The Morgan fingerprint density at radius 3 is 1.63 bits per heavy atom. The van der Waals surface area contributed by atoms with E-state index in [1.54, 1.807) is 0 Å². The van der Waals surface area contributed by atoms with Gasteiger partial charge >= 0.3 is 11.9 Å². The first-order valence-electron chi connectivity index (χ1n) is 17.8. The first-order valence-corrected chi connectivity index (χ1v) is 17.8. The van der Waals surface area contributed by atoms with Gasteiger partial charge in [-0.1, -0.05) is 143 Å². The van der Waals surface area contributed by atoms with Gasteiger partial charge in [0.15, 0.2) is 0 Å². The van der Waals surface area contributed by atoms with Crippen LogP contribution in [0.15, 0.2) is 0 Å². The summed E-state index contributed by atoms with van der Waals surface area (Å²) >= 11 is 0. The third-order valence-corrected chi connectivity index (χ3v) is 8.65. The maximum atomic E-state index is 12.7. The van der Waals surface area contributed by atoms with Crippen molar-refractivity contribution in [3.05, 3.63) is 0 Å². The Morgan fingerprint density at radius 2 is 1.12 bits per heavy atom. The van der Waals surface area contributed by atoms with E-state index in [-0.39, 0.29) is 30.6 Å². The second-order valence-electron chi connectivity index (χ2n) is 12.9. The van der Waals surface area contributed by atoms with Crippen molar-refractivity contribution >= 4 is 11.9 Å². The van der Waals surface area contributed by atoms with Crippen LogP contribution in [0.3, 0.4) is 0 Å². The largest absolute Gasteiger partial charge is 0.462 e. The first kappa shape index (κ1) is 39.9. The van der Waals surface area contributed by atoms with Gasteiger partial charge in [-0.2, -0.15) is 0 Å². The Morgan fingerprint density at radius 1 is 0.634 bits per heavy atom. The number of unbranched alkanes of at least 4 members (excludes halogenated alkanes) is 15. The molecule has 0 rings (SSSR count). The van der Waals surface area contributed by atoms with Gasteiger partial charge in [-0.05, 0) is 52.2 Å². The number of esters is 2. The molecule has 0 saturated heterocycles. The minimum atomic E-state index is -0.335. The van der Waals surface area contributed by atoms with Crippen molar-refractivity contribution in [2.75, 3.05) is 27.2 Å². The van der Waals surface area contributed by atoms with Crippen LogP contribution in [-0.2, 0) is 19.1 Å². The molecule has 0 bridgehead atoms. The second-order valence-corrected chi connectivity index (χ2v) is 12.9. The summed E-state index contributed by atoms with van der Waals surface area (Å²) in [5, 5.41) is 0. The Balaban J connectivity index is 4.16. The van der Waals surface area contributed by atoms with Crippen molar-refractivity contribution in [2.45, 2.75) is 181 Å². The van der Waals surface area contributed by atoms with Crippen LogP contribution in [0.5, 0.6) is 0 Å². The molecule has 0 aromatic carbocycles. The van der Waals surface area contributed by atoms with Gasteiger partial charge in [-0.25, -0.2) is 0 Å². The zero-order valence-corrected chi connectivity index (χ0v) is 28.5. The van der Waals surface area contributed by atoms with Crippen LogP contribution >= 0.6 is 0 Å².